The first-order chi connectivity index (χ1) is 9.49. The largest absolute Gasteiger partial charge is 0.496 e. The summed E-state index contributed by atoms with van der Waals surface area (Å²) in [5.74, 6) is 0.00590. The van der Waals surface area contributed by atoms with Crippen LogP contribution in [0.15, 0.2) is 18.2 Å². The van der Waals surface area contributed by atoms with Gasteiger partial charge in [0, 0.05) is 7.05 Å². The number of hydrogen-bond acceptors (Lipinski definition) is 4. The Labute approximate surface area is 116 Å². The molecule has 2 rings (SSSR count). The van der Waals surface area contributed by atoms with Gasteiger partial charge >= 0.3 is 5.97 Å². The van der Waals surface area contributed by atoms with Crippen molar-refractivity contribution in [3.8, 4) is 16.9 Å². The van der Waals surface area contributed by atoms with Crippen LogP contribution in [-0.2, 0) is 13.5 Å². The summed E-state index contributed by atoms with van der Waals surface area (Å²) in [5, 5.41) is 13.2. The fourth-order valence-corrected chi connectivity index (χ4v) is 2.18. The SMILES string of the molecule is CCc1cc(-c2c(C(=O)O)nn(C)c2N)ccc1OC. The predicted octanol–water partition coefficient (Wildman–Crippen LogP) is 1.94. The Morgan fingerprint density at radius 2 is 2.20 bits per heavy atom. The number of carboxylic acids is 1. The number of ether oxygens (including phenoxy) is 1. The predicted molar refractivity (Wildman–Crippen MR) is 75.9 cm³/mol. The van der Waals surface area contributed by atoms with Gasteiger partial charge in [-0.05, 0) is 29.7 Å². The minimum absolute atomic E-state index is 0.0442. The van der Waals surface area contributed by atoms with Crippen molar-refractivity contribution in [2.75, 3.05) is 12.8 Å². The van der Waals surface area contributed by atoms with Crippen LogP contribution >= 0.6 is 0 Å². The van der Waals surface area contributed by atoms with Gasteiger partial charge in [0.25, 0.3) is 0 Å². The summed E-state index contributed by atoms with van der Waals surface area (Å²) in [6.07, 6.45) is 0.777. The van der Waals surface area contributed by atoms with Crippen molar-refractivity contribution in [2.45, 2.75) is 13.3 Å². The Bertz CT molecular complexity index is 662. The fourth-order valence-electron chi connectivity index (χ4n) is 2.18. The number of methoxy groups -OCH3 is 1. The van der Waals surface area contributed by atoms with Crippen LogP contribution in [0, 0.1) is 0 Å². The van der Waals surface area contributed by atoms with Gasteiger partial charge in [0.2, 0.25) is 0 Å². The first kappa shape index (κ1) is 13.9. The summed E-state index contributed by atoms with van der Waals surface area (Å²) in [4.78, 5) is 11.3. The summed E-state index contributed by atoms with van der Waals surface area (Å²) in [6, 6.07) is 5.49. The number of nitrogens with two attached hydrogens (primary N) is 1. The molecule has 3 N–H and O–H groups in total. The Balaban J connectivity index is 2.65. The maximum atomic E-state index is 11.3. The molecule has 0 radical (unpaired) electrons. The molecule has 0 saturated carbocycles. The van der Waals surface area contributed by atoms with Crippen LogP contribution in [0.2, 0.25) is 0 Å². The lowest BCUT2D eigenvalue weighted by molar-refractivity contribution is 0.0690. The summed E-state index contributed by atoms with van der Waals surface area (Å²) in [7, 11) is 3.23. The normalized spacial score (nSPS) is 10.6. The number of anilines is 1. The second-order valence-electron chi connectivity index (χ2n) is 4.42. The molecule has 1 heterocycles. The van der Waals surface area contributed by atoms with Crippen LogP contribution in [0.25, 0.3) is 11.1 Å². The Hall–Kier alpha value is -2.50. The first-order valence-electron chi connectivity index (χ1n) is 6.22. The zero-order chi connectivity index (χ0) is 14.9. The van der Waals surface area contributed by atoms with E-state index >= 15 is 0 Å². The minimum Gasteiger partial charge on any atom is -0.496 e. The van der Waals surface area contributed by atoms with E-state index in [0.29, 0.717) is 11.4 Å². The van der Waals surface area contributed by atoms with E-state index in [2.05, 4.69) is 5.10 Å². The number of rotatable bonds is 4. The first-order valence-corrected chi connectivity index (χ1v) is 6.22. The summed E-state index contributed by atoms with van der Waals surface area (Å²) in [6.45, 7) is 2.01. The highest BCUT2D eigenvalue weighted by Crippen LogP contribution is 2.32. The highest BCUT2D eigenvalue weighted by molar-refractivity contribution is 5.97. The molecule has 20 heavy (non-hydrogen) atoms. The summed E-state index contributed by atoms with van der Waals surface area (Å²) >= 11 is 0. The van der Waals surface area contributed by atoms with Crippen molar-refractivity contribution in [3.05, 3.63) is 29.5 Å². The highest BCUT2D eigenvalue weighted by Gasteiger charge is 2.21. The zero-order valence-corrected chi connectivity index (χ0v) is 11.7. The number of hydrogen-bond donors (Lipinski definition) is 2. The zero-order valence-electron chi connectivity index (χ0n) is 11.7. The van der Waals surface area contributed by atoms with Crippen LogP contribution in [0.5, 0.6) is 5.75 Å². The fraction of sp³-hybridized carbons (Fsp3) is 0.286. The number of nitrogen functional groups attached to an aromatic ring is 1. The molecule has 6 heteroatoms. The third-order valence-electron chi connectivity index (χ3n) is 3.24. The molecule has 0 bridgehead atoms. The average Bonchev–Trinajstić information content (AvgIpc) is 2.74. The molecule has 0 unspecified atom stereocenters. The van der Waals surface area contributed by atoms with Gasteiger partial charge in [0.15, 0.2) is 5.69 Å². The van der Waals surface area contributed by atoms with Gasteiger partial charge in [0.1, 0.15) is 11.6 Å². The Morgan fingerprint density at radius 3 is 2.75 bits per heavy atom. The Kier molecular flexibility index (Phi) is 3.65. The molecule has 0 amide bonds. The van der Waals surface area contributed by atoms with Gasteiger partial charge in [-0.25, -0.2) is 4.79 Å². The molecule has 0 spiro atoms. The monoisotopic (exact) mass is 275 g/mol. The number of carboxylic acid groups (broad SMARTS) is 1. The van der Waals surface area contributed by atoms with Gasteiger partial charge in [-0.3, -0.25) is 4.68 Å². The van der Waals surface area contributed by atoms with E-state index in [1.165, 1.54) is 4.68 Å². The topological polar surface area (TPSA) is 90.4 Å². The van der Waals surface area contributed by atoms with Crippen molar-refractivity contribution in [1.82, 2.24) is 9.78 Å². The van der Waals surface area contributed by atoms with E-state index in [4.69, 9.17) is 10.5 Å². The molecule has 0 aliphatic carbocycles. The average molecular weight is 275 g/mol. The van der Waals surface area contributed by atoms with Crippen LogP contribution in [0.3, 0.4) is 0 Å². The lowest BCUT2D eigenvalue weighted by atomic mass is 10.0. The minimum atomic E-state index is -1.10. The summed E-state index contributed by atoms with van der Waals surface area (Å²) < 4.78 is 6.64. The van der Waals surface area contributed by atoms with Gasteiger partial charge in [0.05, 0.1) is 12.7 Å². The number of aromatic nitrogens is 2. The van der Waals surface area contributed by atoms with Gasteiger partial charge < -0.3 is 15.6 Å². The summed E-state index contributed by atoms with van der Waals surface area (Å²) in [5.41, 5.74) is 8.06. The van der Waals surface area contributed by atoms with E-state index in [0.717, 1.165) is 23.3 Å². The van der Waals surface area contributed by atoms with Crippen LogP contribution < -0.4 is 10.5 Å². The van der Waals surface area contributed by atoms with E-state index in [1.807, 2.05) is 19.1 Å². The van der Waals surface area contributed by atoms with E-state index < -0.39 is 5.97 Å². The smallest absolute Gasteiger partial charge is 0.357 e. The Morgan fingerprint density at radius 1 is 1.50 bits per heavy atom. The van der Waals surface area contributed by atoms with Crippen molar-refractivity contribution >= 4 is 11.8 Å². The van der Waals surface area contributed by atoms with Crippen LogP contribution in [0.1, 0.15) is 23.0 Å². The molecule has 1 aromatic heterocycles. The highest BCUT2D eigenvalue weighted by atomic mass is 16.5. The molecular weight excluding hydrogens is 258 g/mol. The molecule has 1 aromatic carbocycles. The van der Waals surface area contributed by atoms with E-state index in [9.17, 15) is 9.90 Å². The number of aryl methyl sites for hydroxylation is 2. The van der Waals surface area contributed by atoms with Crippen molar-refractivity contribution < 1.29 is 14.6 Å². The van der Waals surface area contributed by atoms with Crippen LogP contribution in [0.4, 0.5) is 5.82 Å². The van der Waals surface area contributed by atoms with Gasteiger partial charge in [-0.1, -0.05) is 13.0 Å². The lowest BCUT2D eigenvalue weighted by Gasteiger charge is -2.09. The number of nitrogens with zero attached hydrogens (tertiary/aromatic N) is 2. The van der Waals surface area contributed by atoms with Gasteiger partial charge in [-0.15, -0.1) is 0 Å². The second kappa shape index (κ2) is 5.24. The lowest BCUT2D eigenvalue weighted by Crippen LogP contribution is -2.00. The molecule has 0 saturated heterocycles. The van der Waals surface area contributed by atoms with E-state index in [-0.39, 0.29) is 5.69 Å². The van der Waals surface area contributed by atoms with Crippen molar-refractivity contribution in [3.63, 3.8) is 0 Å². The van der Waals surface area contributed by atoms with Gasteiger partial charge in [-0.2, -0.15) is 5.10 Å². The molecule has 0 fully saturated rings. The molecule has 0 atom stereocenters. The van der Waals surface area contributed by atoms with Crippen molar-refractivity contribution in [2.24, 2.45) is 7.05 Å². The third-order valence-corrected chi connectivity index (χ3v) is 3.24. The maximum absolute atomic E-state index is 11.3. The number of carbonyl (C=O) groups is 1. The molecule has 2 aromatic rings. The van der Waals surface area contributed by atoms with Crippen LogP contribution in [-0.4, -0.2) is 28.0 Å². The maximum Gasteiger partial charge on any atom is 0.357 e. The molecule has 106 valence electrons. The second-order valence-corrected chi connectivity index (χ2v) is 4.42. The third kappa shape index (κ3) is 2.20. The molecule has 6 nitrogen and oxygen atoms in total. The van der Waals surface area contributed by atoms with Crippen molar-refractivity contribution in [1.29, 1.82) is 0 Å². The molecule has 0 aliphatic heterocycles. The quantitative estimate of drug-likeness (QED) is 0.889. The standard InChI is InChI=1S/C14H17N3O3/c1-4-8-7-9(5-6-10(8)20-3)11-12(14(18)19)16-17(2)13(11)15/h5-7H,4,15H2,1-3H3,(H,18,19). The number of benzene rings is 1. The molecule has 0 aliphatic rings. The molecular formula is C14H17N3O3. The number of aromatic carboxylic acids is 1. The van der Waals surface area contributed by atoms with E-state index in [1.54, 1.807) is 20.2 Å².